The molecule has 4 nitrogen and oxygen atoms in total. The average Bonchev–Trinajstić information content (AvgIpc) is 2.45. The third kappa shape index (κ3) is 3.53. The highest BCUT2D eigenvalue weighted by molar-refractivity contribution is 5.80. The highest BCUT2D eigenvalue weighted by Gasteiger charge is 2.35. The zero-order valence-electron chi connectivity index (χ0n) is 12.6. The summed E-state index contributed by atoms with van der Waals surface area (Å²) in [5.41, 5.74) is 0. The van der Waals surface area contributed by atoms with Crippen LogP contribution in [0.4, 0.5) is 0 Å². The van der Waals surface area contributed by atoms with E-state index in [9.17, 15) is 9.59 Å². The maximum atomic E-state index is 12.3. The first kappa shape index (κ1) is 15.3. The number of carbonyl (C=O) groups is 2. The van der Waals surface area contributed by atoms with Gasteiger partial charge < -0.3 is 10.4 Å². The molecular formula is C16H27NO3. The molecule has 0 aromatic heterocycles. The quantitative estimate of drug-likeness (QED) is 0.832. The van der Waals surface area contributed by atoms with E-state index in [-0.39, 0.29) is 17.9 Å². The molecule has 2 rings (SSSR count). The second kappa shape index (κ2) is 6.59. The van der Waals surface area contributed by atoms with Crippen molar-refractivity contribution < 1.29 is 14.7 Å². The first-order valence-corrected chi connectivity index (χ1v) is 8.02. The molecule has 0 saturated heterocycles. The molecule has 1 amide bonds. The van der Waals surface area contributed by atoms with Crippen molar-refractivity contribution in [1.29, 1.82) is 0 Å². The predicted octanol–water partition coefficient (Wildman–Crippen LogP) is 2.82. The van der Waals surface area contributed by atoms with Gasteiger partial charge in [0, 0.05) is 12.0 Å². The molecule has 0 bridgehead atoms. The zero-order chi connectivity index (χ0) is 14.7. The fourth-order valence-corrected chi connectivity index (χ4v) is 3.79. The molecule has 0 radical (unpaired) electrons. The van der Waals surface area contributed by atoms with Crippen LogP contribution in [0.5, 0.6) is 0 Å². The third-order valence-corrected chi connectivity index (χ3v) is 5.42. The topological polar surface area (TPSA) is 66.4 Å². The molecule has 0 aromatic rings. The Morgan fingerprint density at radius 3 is 2.35 bits per heavy atom. The van der Waals surface area contributed by atoms with Crippen LogP contribution in [0.25, 0.3) is 0 Å². The Kier molecular flexibility index (Phi) is 5.06. The van der Waals surface area contributed by atoms with E-state index in [0.29, 0.717) is 0 Å². The van der Waals surface area contributed by atoms with E-state index in [1.54, 1.807) is 13.8 Å². The van der Waals surface area contributed by atoms with Crippen LogP contribution in [0.3, 0.4) is 0 Å². The SMILES string of the molecule is CC(NC(=O)C1CCC2CCCCC2C1)C(C)C(=O)O. The standard InChI is InChI=1S/C16H27NO3/c1-10(16(19)20)11(2)17-15(18)14-8-7-12-5-3-4-6-13(12)9-14/h10-14H,3-9H2,1-2H3,(H,17,18)(H,19,20). The number of amides is 1. The maximum absolute atomic E-state index is 12.3. The molecule has 5 atom stereocenters. The van der Waals surface area contributed by atoms with Crippen molar-refractivity contribution in [2.24, 2.45) is 23.7 Å². The lowest BCUT2D eigenvalue weighted by atomic mass is 9.67. The lowest BCUT2D eigenvalue weighted by Crippen LogP contribution is -2.44. The van der Waals surface area contributed by atoms with Crippen LogP contribution in [-0.4, -0.2) is 23.0 Å². The second-order valence-electron chi connectivity index (χ2n) is 6.74. The van der Waals surface area contributed by atoms with Crippen LogP contribution in [-0.2, 0) is 9.59 Å². The molecule has 2 aliphatic rings. The second-order valence-corrected chi connectivity index (χ2v) is 6.74. The van der Waals surface area contributed by atoms with Gasteiger partial charge in [0.2, 0.25) is 5.91 Å². The van der Waals surface area contributed by atoms with Gasteiger partial charge in [-0.15, -0.1) is 0 Å². The number of hydrogen-bond acceptors (Lipinski definition) is 2. The van der Waals surface area contributed by atoms with Gasteiger partial charge in [-0.2, -0.15) is 0 Å². The van der Waals surface area contributed by atoms with Crippen molar-refractivity contribution in [3.8, 4) is 0 Å². The zero-order valence-corrected chi connectivity index (χ0v) is 12.6. The van der Waals surface area contributed by atoms with Gasteiger partial charge >= 0.3 is 5.97 Å². The Hall–Kier alpha value is -1.06. The largest absolute Gasteiger partial charge is 0.481 e. The van der Waals surface area contributed by atoms with Gasteiger partial charge in [-0.05, 0) is 44.9 Å². The van der Waals surface area contributed by atoms with E-state index in [4.69, 9.17) is 5.11 Å². The molecule has 2 fully saturated rings. The van der Waals surface area contributed by atoms with E-state index in [0.717, 1.165) is 24.7 Å². The van der Waals surface area contributed by atoms with E-state index in [1.807, 2.05) is 0 Å². The molecule has 0 heterocycles. The minimum absolute atomic E-state index is 0.0645. The molecule has 4 heteroatoms. The average molecular weight is 281 g/mol. The van der Waals surface area contributed by atoms with E-state index in [2.05, 4.69) is 5.32 Å². The molecule has 0 spiro atoms. The molecule has 114 valence electrons. The van der Waals surface area contributed by atoms with Crippen LogP contribution >= 0.6 is 0 Å². The summed E-state index contributed by atoms with van der Waals surface area (Å²) < 4.78 is 0. The minimum Gasteiger partial charge on any atom is -0.481 e. The fraction of sp³-hybridized carbons (Fsp3) is 0.875. The normalized spacial score (nSPS) is 32.8. The van der Waals surface area contributed by atoms with Gasteiger partial charge in [0.15, 0.2) is 0 Å². The predicted molar refractivity (Wildman–Crippen MR) is 77.2 cm³/mol. The number of carbonyl (C=O) groups excluding carboxylic acids is 1. The Bertz CT molecular complexity index is 369. The van der Waals surface area contributed by atoms with Crippen LogP contribution in [0.1, 0.15) is 58.8 Å². The van der Waals surface area contributed by atoms with Crippen molar-refractivity contribution >= 4 is 11.9 Å². The number of fused-ring (bicyclic) bond motifs is 1. The molecule has 5 unspecified atom stereocenters. The maximum Gasteiger partial charge on any atom is 0.308 e. The number of carboxylic acid groups (broad SMARTS) is 1. The van der Waals surface area contributed by atoms with Crippen molar-refractivity contribution in [2.45, 2.75) is 64.8 Å². The fourth-order valence-electron chi connectivity index (χ4n) is 3.79. The number of carboxylic acids is 1. The van der Waals surface area contributed by atoms with E-state index in [1.165, 1.54) is 32.1 Å². The van der Waals surface area contributed by atoms with Crippen LogP contribution in [0.2, 0.25) is 0 Å². The van der Waals surface area contributed by atoms with Crippen molar-refractivity contribution in [1.82, 2.24) is 5.32 Å². The summed E-state index contributed by atoms with van der Waals surface area (Å²) >= 11 is 0. The van der Waals surface area contributed by atoms with Gasteiger partial charge in [-0.3, -0.25) is 9.59 Å². The Morgan fingerprint density at radius 1 is 1.05 bits per heavy atom. The van der Waals surface area contributed by atoms with Gasteiger partial charge in [-0.25, -0.2) is 0 Å². The summed E-state index contributed by atoms with van der Waals surface area (Å²) in [6.07, 6.45) is 8.42. The van der Waals surface area contributed by atoms with Gasteiger partial charge in [0.05, 0.1) is 5.92 Å². The smallest absolute Gasteiger partial charge is 0.308 e. The van der Waals surface area contributed by atoms with Crippen molar-refractivity contribution in [3.63, 3.8) is 0 Å². The monoisotopic (exact) mass is 281 g/mol. The molecule has 0 aliphatic heterocycles. The van der Waals surface area contributed by atoms with E-state index < -0.39 is 11.9 Å². The lowest BCUT2D eigenvalue weighted by Gasteiger charge is -2.39. The summed E-state index contributed by atoms with van der Waals surface area (Å²) in [5, 5.41) is 11.9. The van der Waals surface area contributed by atoms with Gasteiger partial charge in [0.25, 0.3) is 0 Å². The highest BCUT2D eigenvalue weighted by atomic mass is 16.4. The summed E-state index contributed by atoms with van der Waals surface area (Å²) in [5.74, 6) is 0.329. The van der Waals surface area contributed by atoms with Gasteiger partial charge in [0.1, 0.15) is 0 Å². The van der Waals surface area contributed by atoms with Crippen LogP contribution in [0, 0.1) is 23.7 Å². The number of rotatable bonds is 4. The summed E-state index contributed by atoms with van der Waals surface area (Å²) in [4.78, 5) is 23.2. The van der Waals surface area contributed by atoms with Crippen molar-refractivity contribution in [3.05, 3.63) is 0 Å². The minimum atomic E-state index is -0.853. The summed E-state index contributed by atoms with van der Waals surface area (Å²) in [7, 11) is 0. The van der Waals surface area contributed by atoms with Crippen LogP contribution < -0.4 is 5.32 Å². The van der Waals surface area contributed by atoms with E-state index >= 15 is 0 Å². The number of aliphatic carboxylic acids is 1. The van der Waals surface area contributed by atoms with Crippen LogP contribution in [0.15, 0.2) is 0 Å². The molecule has 2 saturated carbocycles. The molecule has 2 N–H and O–H groups in total. The van der Waals surface area contributed by atoms with Crippen molar-refractivity contribution in [2.75, 3.05) is 0 Å². The third-order valence-electron chi connectivity index (χ3n) is 5.42. The lowest BCUT2D eigenvalue weighted by molar-refractivity contribution is -0.142. The summed E-state index contributed by atoms with van der Waals surface area (Å²) in [6, 6.07) is -0.302. The molecule has 2 aliphatic carbocycles. The summed E-state index contributed by atoms with van der Waals surface area (Å²) in [6.45, 7) is 3.42. The first-order chi connectivity index (χ1) is 9.49. The first-order valence-electron chi connectivity index (χ1n) is 8.02. The molecule has 0 aromatic carbocycles. The molecule has 20 heavy (non-hydrogen) atoms. The number of hydrogen-bond donors (Lipinski definition) is 2. The number of nitrogens with one attached hydrogen (secondary N) is 1. The Balaban J connectivity index is 1.85. The molecular weight excluding hydrogens is 254 g/mol. The Labute approximate surface area is 121 Å². The van der Waals surface area contributed by atoms with Gasteiger partial charge in [-0.1, -0.05) is 25.7 Å². The Morgan fingerprint density at radius 2 is 1.70 bits per heavy atom. The highest BCUT2D eigenvalue weighted by Crippen LogP contribution is 2.42.